The Hall–Kier alpha value is -0.230. The van der Waals surface area contributed by atoms with Crippen LogP contribution in [0.3, 0.4) is 0 Å². The highest BCUT2D eigenvalue weighted by Crippen LogP contribution is 2.32. The smallest absolute Gasteiger partial charge is 0.148 e. The highest BCUT2D eigenvalue weighted by molar-refractivity contribution is 8.00. The predicted octanol–water partition coefficient (Wildman–Crippen LogP) is 2.51. The van der Waals surface area contributed by atoms with Gasteiger partial charge in [-0.2, -0.15) is 11.8 Å². The molecular formula is C12H18ClNO2S2. The highest BCUT2D eigenvalue weighted by Gasteiger charge is 2.17. The zero-order chi connectivity index (χ0) is 13.8. The highest BCUT2D eigenvalue weighted by atomic mass is 35.5. The number of thioether (sulfide) groups is 1. The van der Waals surface area contributed by atoms with Gasteiger partial charge in [0.15, 0.2) is 0 Å². The van der Waals surface area contributed by atoms with Crippen molar-refractivity contribution in [1.29, 1.82) is 0 Å². The molecule has 18 heavy (non-hydrogen) atoms. The Morgan fingerprint density at radius 1 is 1.44 bits per heavy atom. The van der Waals surface area contributed by atoms with Crippen LogP contribution in [0.5, 0.6) is 0 Å². The molecule has 102 valence electrons. The van der Waals surface area contributed by atoms with Crippen LogP contribution in [-0.4, -0.2) is 32.2 Å². The molecule has 0 aliphatic rings. The molecule has 2 atom stereocenters. The van der Waals surface area contributed by atoms with Gasteiger partial charge in [0.05, 0.1) is 5.75 Å². The maximum atomic E-state index is 11.1. The van der Waals surface area contributed by atoms with Gasteiger partial charge in [-0.25, -0.2) is 8.42 Å². The summed E-state index contributed by atoms with van der Waals surface area (Å²) in [5, 5.41) is 0.729. The number of halogens is 1. The van der Waals surface area contributed by atoms with Crippen molar-refractivity contribution in [3.8, 4) is 0 Å². The van der Waals surface area contributed by atoms with Crippen molar-refractivity contribution < 1.29 is 8.42 Å². The first kappa shape index (κ1) is 15.8. The van der Waals surface area contributed by atoms with Crippen LogP contribution in [0.1, 0.15) is 17.7 Å². The van der Waals surface area contributed by atoms with Gasteiger partial charge in [0.1, 0.15) is 9.84 Å². The molecule has 0 saturated heterocycles. The lowest BCUT2D eigenvalue weighted by atomic mass is 10.1. The minimum Gasteiger partial charge on any atom is -0.327 e. The number of hydrogen-bond acceptors (Lipinski definition) is 4. The van der Waals surface area contributed by atoms with E-state index in [2.05, 4.69) is 0 Å². The van der Waals surface area contributed by atoms with Crippen LogP contribution >= 0.6 is 23.4 Å². The Bertz CT molecular complexity index is 489. The fraction of sp³-hybridized carbons (Fsp3) is 0.500. The monoisotopic (exact) mass is 307 g/mol. The molecule has 1 aromatic rings. The Morgan fingerprint density at radius 2 is 2.11 bits per heavy atom. The second kappa shape index (κ2) is 6.80. The van der Waals surface area contributed by atoms with Crippen molar-refractivity contribution in [1.82, 2.24) is 0 Å². The van der Waals surface area contributed by atoms with Crippen LogP contribution in [0, 0.1) is 0 Å². The lowest BCUT2D eigenvalue weighted by Gasteiger charge is -2.20. The van der Waals surface area contributed by atoms with Crippen molar-refractivity contribution in [2.45, 2.75) is 18.2 Å². The molecule has 0 radical (unpaired) electrons. The first-order chi connectivity index (χ1) is 8.29. The van der Waals surface area contributed by atoms with Crippen molar-refractivity contribution in [2.24, 2.45) is 5.73 Å². The van der Waals surface area contributed by atoms with Gasteiger partial charge in [-0.05, 0) is 24.6 Å². The van der Waals surface area contributed by atoms with E-state index in [1.54, 1.807) is 11.8 Å². The molecule has 3 nitrogen and oxygen atoms in total. The third kappa shape index (κ3) is 5.61. The molecule has 0 fully saturated rings. The van der Waals surface area contributed by atoms with Gasteiger partial charge in [0.25, 0.3) is 0 Å². The fourth-order valence-corrected chi connectivity index (χ4v) is 4.25. The van der Waals surface area contributed by atoms with Crippen LogP contribution in [0.15, 0.2) is 24.3 Å². The van der Waals surface area contributed by atoms with Crippen LogP contribution in [0.2, 0.25) is 5.02 Å². The van der Waals surface area contributed by atoms with E-state index in [-0.39, 0.29) is 17.0 Å². The SMILES string of the molecule is CC(N)C(SCCS(C)(=O)=O)c1cccc(Cl)c1. The molecule has 1 aromatic carbocycles. The second-order valence-electron chi connectivity index (χ2n) is 4.34. The molecule has 0 bridgehead atoms. The van der Waals surface area contributed by atoms with E-state index in [9.17, 15) is 8.42 Å². The number of nitrogens with two attached hydrogens (primary N) is 1. The summed E-state index contributed by atoms with van der Waals surface area (Å²) in [6.07, 6.45) is 1.24. The average Bonchev–Trinajstić information content (AvgIpc) is 2.22. The second-order valence-corrected chi connectivity index (χ2v) is 8.28. The molecule has 2 unspecified atom stereocenters. The van der Waals surface area contributed by atoms with Gasteiger partial charge in [0.2, 0.25) is 0 Å². The standard InChI is InChI=1S/C12H18ClNO2S2/c1-9(14)12(17-6-7-18(2,15)16)10-4-3-5-11(13)8-10/h3-5,8-9,12H,6-7,14H2,1-2H3. The van der Waals surface area contributed by atoms with E-state index >= 15 is 0 Å². The normalized spacial score (nSPS) is 15.3. The van der Waals surface area contributed by atoms with E-state index in [0.717, 1.165) is 5.56 Å². The number of rotatable bonds is 6. The van der Waals surface area contributed by atoms with Gasteiger partial charge in [0, 0.05) is 28.3 Å². The summed E-state index contributed by atoms with van der Waals surface area (Å²) in [5.74, 6) is 0.707. The van der Waals surface area contributed by atoms with Crippen LogP contribution < -0.4 is 5.73 Å². The topological polar surface area (TPSA) is 60.2 Å². The zero-order valence-corrected chi connectivity index (χ0v) is 12.9. The van der Waals surface area contributed by atoms with Gasteiger partial charge in [-0.1, -0.05) is 23.7 Å². The quantitative estimate of drug-likeness (QED) is 0.877. The molecule has 0 aliphatic carbocycles. The minimum atomic E-state index is -2.92. The summed E-state index contributed by atoms with van der Waals surface area (Å²) in [6.45, 7) is 1.92. The molecule has 0 amide bonds. The molecule has 6 heteroatoms. The molecular weight excluding hydrogens is 290 g/mol. The molecule has 0 spiro atoms. The summed E-state index contributed by atoms with van der Waals surface area (Å²) in [4.78, 5) is 0. The average molecular weight is 308 g/mol. The zero-order valence-electron chi connectivity index (χ0n) is 10.5. The van der Waals surface area contributed by atoms with E-state index in [1.807, 2.05) is 31.2 Å². The molecule has 2 N–H and O–H groups in total. The summed E-state index contributed by atoms with van der Waals surface area (Å²) in [6, 6.07) is 7.47. The molecule has 0 saturated carbocycles. The largest absolute Gasteiger partial charge is 0.327 e. The minimum absolute atomic E-state index is 0.0606. The molecule has 0 aliphatic heterocycles. The lowest BCUT2D eigenvalue weighted by molar-refractivity contribution is 0.603. The molecule has 0 aromatic heterocycles. The van der Waals surface area contributed by atoms with Crippen LogP contribution in [0.4, 0.5) is 0 Å². The van der Waals surface area contributed by atoms with Crippen LogP contribution in [0.25, 0.3) is 0 Å². The number of sulfone groups is 1. The third-order valence-electron chi connectivity index (χ3n) is 2.41. The predicted molar refractivity (Wildman–Crippen MR) is 80.0 cm³/mol. The van der Waals surface area contributed by atoms with E-state index in [4.69, 9.17) is 17.3 Å². The third-order valence-corrected chi connectivity index (χ3v) is 5.35. The van der Waals surface area contributed by atoms with E-state index in [1.165, 1.54) is 6.26 Å². The Balaban J connectivity index is 2.72. The summed E-state index contributed by atoms with van der Waals surface area (Å²) >= 11 is 7.51. The maximum absolute atomic E-state index is 11.1. The Labute approximate surface area is 118 Å². The fourth-order valence-electron chi connectivity index (χ4n) is 1.56. The van der Waals surface area contributed by atoms with Crippen molar-refractivity contribution in [2.75, 3.05) is 17.8 Å². The van der Waals surface area contributed by atoms with Gasteiger partial charge in [-0.15, -0.1) is 0 Å². The van der Waals surface area contributed by atoms with Crippen LogP contribution in [-0.2, 0) is 9.84 Å². The first-order valence-electron chi connectivity index (χ1n) is 5.60. The summed E-state index contributed by atoms with van der Waals surface area (Å²) in [5.41, 5.74) is 6.99. The Kier molecular flexibility index (Phi) is 5.98. The lowest BCUT2D eigenvalue weighted by Crippen LogP contribution is -2.23. The first-order valence-corrected chi connectivity index (χ1v) is 9.08. The van der Waals surface area contributed by atoms with Gasteiger partial charge < -0.3 is 5.73 Å². The number of benzene rings is 1. The van der Waals surface area contributed by atoms with Gasteiger partial charge >= 0.3 is 0 Å². The summed E-state index contributed by atoms with van der Waals surface area (Å²) < 4.78 is 22.2. The molecule has 1 rings (SSSR count). The molecule has 0 heterocycles. The Morgan fingerprint density at radius 3 is 2.61 bits per heavy atom. The summed E-state index contributed by atoms with van der Waals surface area (Å²) in [7, 11) is -2.92. The maximum Gasteiger partial charge on any atom is 0.148 e. The van der Waals surface area contributed by atoms with Crippen molar-refractivity contribution in [3.05, 3.63) is 34.9 Å². The van der Waals surface area contributed by atoms with Crippen molar-refractivity contribution >= 4 is 33.2 Å². The van der Waals surface area contributed by atoms with Crippen molar-refractivity contribution in [3.63, 3.8) is 0 Å². The number of hydrogen-bond donors (Lipinski definition) is 1. The van der Waals surface area contributed by atoms with Gasteiger partial charge in [-0.3, -0.25) is 0 Å². The van der Waals surface area contributed by atoms with E-state index in [0.29, 0.717) is 10.8 Å². The van der Waals surface area contributed by atoms with E-state index < -0.39 is 9.84 Å².